The third-order valence-corrected chi connectivity index (χ3v) is 4.66. The number of benzene rings is 2. The second-order valence-corrected chi connectivity index (χ2v) is 5.89. The number of hydrogen-bond acceptors (Lipinski definition) is 2. The van der Waals surface area contributed by atoms with Gasteiger partial charge in [0.25, 0.3) is 5.69 Å². The summed E-state index contributed by atoms with van der Waals surface area (Å²) in [5.74, 6) is 0. The van der Waals surface area contributed by atoms with Gasteiger partial charge in [-0.2, -0.15) is 0 Å². The van der Waals surface area contributed by atoms with E-state index in [9.17, 15) is 10.1 Å². The van der Waals surface area contributed by atoms with Crippen molar-refractivity contribution in [2.24, 2.45) is 0 Å². The van der Waals surface area contributed by atoms with Crippen LogP contribution in [0.3, 0.4) is 0 Å². The van der Waals surface area contributed by atoms with Crippen molar-refractivity contribution >= 4 is 33.0 Å². The molecule has 0 spiro atoms. The smallest absolute Gasteiger partial charge is 0.277 e. The van der Waals surface area contributed by atoms with E-state index in [-0.39, 0.29) is 10.6 Å². The van der Waals surface area contributed by atoms with Crippen molar-refractivity contribution < 1.29 is 4.92 Å². The fourth-order valence-electron chi connectivity index (χ4n) is 3.67. The zero-order valence-electron chi connectivity index (χ0n) is 12.6. The Bertz CT molecular complexity index is 1240. The first-order valence-corrected chi connectivity index (χ1v) is 7.74. The average molecular weight is 312 g/mol. The van der Waals surface area contributed by atoms with Gasteiger partial charge >= 0.3 is 0 Å². The van der Waals surface area contributed by atoms with Crippen LogP contribution in [0, 0.1) is 10.1 Å². The minimum Gasteiger partial charge on any atom is -0.309 e. The lowest BCUT2D eigenvalue weighted by Crippen LogP contribution is -1.91. The lowest BCUT2D eigenvalue weighted by molar-refractivity contribution is -0.384. The van der Waals surface area contributed by atoms with E-state index in [2.05, 4.69) is 28.7 Å². The summed E-state index contributed by atoms with van der Waals surface area (Å²) in [7, 11) is 0. The number of nitrogens with zero attached hydrogens (tertiary/aromatic N) is 2. The molecule has 0 saturated carbocycles. The fourth-order valence-corrected chi connectivity index (χ4v) is 3.67. The third-order valence-electron chi connectivity index (χ3n) is 4.66. The molecule has 0 amide bonds. The monoisotopic (exact) mass is 312 g/mol. The minimum absolute atomic E-state index is 0.135. The van der Waals surface area contributed by atoms with Crippen molar-refractivity contribution in [3.05, 3.63) is 82.9 Å². The molecule has 5 rings (SSSR count). The Morgan fingerprint density at radius 3 is 2.17 bits per heavy atom. The highest BCUT2D eigenvalue weighted by molar-refractivity contribution is 6.12. The Morgan fingerprint density at radius 1 is 0.708 bits per heavy atom. The van der Waals surface area contributed by atoms with E-state index < -0.39 is 0 Å². The SMILES string of the molecule is O=[N+]([O-])c1ccccc1-c1cc2c3ccccc3c3cccc1n32. The normalized spacial score (nSPS) is 11.7. The minimum atomic E-state index is -0.317. The van der Waals surface area contributed by atoms with Gasteiger partial charge in [-0.15, -0.1) is 0 Å². The van der Waals surface area contributed by atoms with Crippen LogP contribution in [0.2, 0.25) is 0 Å². The molecule has 0 atom stereocenters. The Morgan fingerprint density at radius 2 is 1.38 bits per heavy atom. The van der Waals surface area contributed by atoms with Crippen molar-refractivity contribution in [1.29, 1.82) is 0 Å². The first-order chi connectivity index (χ1) is 11.8. The molecular formula is C20H12N2O2. The van der Waals surface area contributed by atoms with Gasteiger partial charge in [0.1, 0.15) is 0 Å². The van der Waals surface area contributed by atoms with Gasteiger partial charge < -0.3 is 4.40 Å². The number of fused-ring (bicyclic) bond motifs is 3. The third kappa shape index (κ3) is 1.57. The van der Waals surface area contributed by atoms with Gasteiger partial charge in [-0.25, -0.2) is 0 Å². The Labute approximate surface area is 137 Å². The van der Waals surface area contributed by atoms with Gasteiger partial charge in [0.2, 0.25) is 0 Å². The zero-order valence-corrected chi connectivity index (χ0v) is 12.6. The summed E-state index contributed by atoms with van der Waals surface area (Å²) in [6, 6.07) is 23.4. The summed E-state index contributed by atoms with van der Waals surface area (Å²) >= 11 is 0. The fraction of sp³-hybridized carbons (Fsp3) is 0. The van der Waals surface area contributed by atoms with Gasteiger partial charge in [0.15, 0.2) is 0 Å². The van der Waals surface area contributed by atoms with Crippen molar-refractivity contribution in [3.63, 3.8) is 0 Å². The lowest BCUT2D eigenvalue weighted by atomic mass is 10.0. The number of para-hydroxylation sites is 1. The van der Waals surface area contributed by atoms with Crippen LogP contribution in [-0.2, 0) is 0 Å². The highest BCUT2D eigenvalue weighted by Gasteiger charge is 2.20. The molecule has 0 radical (unpaired) electrons. The molecule has 3 heterocycles. The van der Waals surface area contributed by atoms with E-state index in [0.29, 0.717) is 5.56 Å². The maximum Gasteiger partial charge on any atom is 0.277 e. The van der Waals surface area contributed by atoms with Crippen molar-refractivity contribution in [3.8, 4) is 11.1 Å². The summed E-state index contributed by atoms with van der Waals surface area (Å²) < 4.78 is 2.19. The number of aromatic nitrogens is 1. The van der Waals surface area contributed by atoms with Crippen LogP contribution in [0.1, 0.15) is 0 Å². The maximum atomic E-state index is 11.4. The van der Waals surface area contributed by atoms with Gasteiger partial charge in [-0.05, 0) is 24.3 Å². The van der Waals surface area contributed by atoms with E-state index in [1.165, 1.54) is 10.8 Å². The van der Waals surface area contributed by atoms with Crippen molar-refractivity contribution in [2.45, 2.75) is 0 Å². The molecule has 0 bridgehead atoms. The summed E-state index contributed by atoms with van der Waals surface area (Å²) in [5.41, 5.74) is 4.90. The maximum absolute atomic E-state index is 11.4. The Kier molecular flexibility index (Phi) is 2.48. The molecule has 3 aromatic heterocycles. The van der Waals surface area contributed by atoms with Gasteiger partial charge in [0.05, 0.1) is 27.0 Å². The molecule has 0 aliphatic heterocycles. The summed E-state index contributed by atoms with van der Waals surface area (Å²) in [6.45, 7) is 0. The Balaban J connectivity index is 1.96. The first-order valence-electron chi connectivity index (χ1n) is 7.74. The molecule has 24 heavy (non-hydrogen) atoms. The first kappa shape index (κ1) is 13.1. The molecule has 0 aliphatic carbocycles. The molecule has 0 fully saturated rings. The molecule has 0 saturated heterocycles. The van der Waals surface area contributed by atoms with Crippen LogP contribution >= 0.6 is 0 Å². The molecule has 0 N–H and O–H groups in total. The van der Waals surface area contributed by atoms with Gasteiger partial charge in [-0.1, -0.05) is 42.5 Å². The van der Waals surface area contributed by atoms with E-state index in [1.807, 2.05) is 36.4 Å². The molecule has 4 heteroatoms. The highest BCUT2D eigenvalue weighted by Crippen LogP contribution is 2.40. The van der Waals surface area contributed by atoms with E-state index in [0.717, 1.165) is 22.1 Å². The summed E-state index contributed by atoms with van der Waals surface area (Å²) in [4.78, 5) is 11.1. The molecule has 2 aromatic carbocycles. The largest absolute Gasteiger partial charge is 0.309 e. The van der Waals surface area contributed by atoms with Crippen LogP contribution in [0.25, 0.3) is 38.4 Å². The van der Waals surface area contributed by atoms with E-state index in [1.54, 1.807) is 12.1 Å². The summed E-state index contributed by atoms with van der Waals surface area (Å²) in [6.07, 6.45) is 0. The molecule has 0 unspecified atom stereocenters. The molecular weight excluding hydrogens is 300 g/mol. The lowest BCUT2D eigenvalue weighted by Gasteiger charge is -2.03. The molecule has 0 aliphatic rings. The number of nitro benzene ring substituents is 1. The van der Waals surface area contributed by atoms with Crippen LogP contribution < -0.4 is 0 Å². The second-order valence-electron chi connectivity index (χ2n) is 5.89. The number of hydrogen-bond donors (Lipinski definition) is 0. The van der Waals surface area contributed by atoms with Crippen LogP contribution in [0.15, 0.2) is 72.8 Å². The predicted octanol–water partition coefficient (Wildman–Crippen LogP) is 5.26. The van der Waals surface area contributed by atoms with Crippen LogP contribution in [0.5, 0.6) is 0 Å². The Hall–Kier alpha value is -3.40. The number of nitro groups is 1. The van der Waals surface area contributed by atoms with E-state index >= 15 is 0 Å². The predicted molar refractivity (Wildman–Crippen MR) is 95.7 cm³/mol. The molecule has 4 nitrogen and oxygen atoms in total. The van der Waals surface area contributed by atoms with Crippen molar-refractivity contribution in [1.82, 2.24) is 4.40 Å². The van der Waals surface area contributed by atoms with E-state index in [4.69, 9.17) is 0 Å². The second kappa shape index (κ2) is 4.55. The van der Waals surface area contributed by atoms with Gasteiger partial charge in [-0.3, -0.25) is 10.1 Å². The number of rotatable bonds is 2. The van der Waals surface area contributed by atoms with Crippen LogP contribution in [0.4, 0.5) is 5.69 Å². The topological polar surface area (TPSA) is 47.5 Å². The summed E-state index contributed by atoms with van der Waals surface area (Å²) in [5, 5.41) is 13.8. The molecule has 5 aromatic rings. The number of pyridine rings is 1. The highest BCUT2D eigenvalue weighted by atomic mass is 16.6. The standard InChI is InChI=1S/C20H12N2O2/c23-22(24)19-9-4-3-8-15(19)16-12-20-14-7-2-1-6-13(14)17-10-5-11-18(16)21(17)20/h1-12H. The molecule has 114 valence electrons. The zero-order chi connectivity index (χ0) is 16.3. The average Bonchev–Trinajstić information content (AvgIpc) is 3.15. The van der Waals surface area contributed by atoms with Gasteiger partial charge in [0, 0.05) is 22.4 Å². The quantitative estimate of drug-likeness (QED) is 0.330. The van der Waals surface area contributed by atoms with Crippen LogP contribution in [-0.4, -0.2) is 9.32 Å². The van der Waals surface area contributed by atoms with Crippen molar-refractivity contribution in [2.75, 3.05) is 0 Å².